The van der Waals surface area contributed by atoms with Crippen LogP contribution >= 0.6 is 0 Å². The lowest BCUT2D eigenvalue weighted by molar-refractivity contribution is 0.116. The van der Waals surface area contributed by atoms with Crippen LogP contribution in [0.1, 0.15) is 12.5 Å². The van der Waals surface area contributed by atoms with Crippen LogP contribution in [0, 0.1) is 5.92 Å². The molecule has 4 nitrogen and oxygen atoms in total. The third-order valence-electron chi connectivity index (χ3n) is 3.78. The molecule has 1 aromatic carbocycles. The lowest BCUT2D eigenvalue weighted by atomic mass is 10.1. The average Bonchev–Trinajstić information content (AvgIpc) is 2.43. The second-order valence-electron chi connectivity index (χ2n) is 5.58. The Morgan fingerprint density at radius 1 is 1.11 bits per heavy atom. The molecule has 0 bridgehead atoms. The lowest BCUT2D eigenvalue weighted by Gasteiger charge is -2.35. The molecule has 1 aliphatic rings. The fourth-order valence-electron chi connectivity index (χ4n) is 2.50. The van der Waals surface area contributed by atoms with E-state index < -0.39 is 0 Å². The monoisotopic (exact) mass is 263 g/mol. The molecule has 1 saturated heterocycles. The summed E-state index contributed by atoms with van der Waals surface area (Å²) in [6.07, 6.45) is 0. The first kappa shape index (κ1) is 14.3. The van der Waals surface area contributed by atoms with Crippen LogP contribution in [0.25, 0.3) is 0 Å². The van der Waals surface area contributed by atoms with Gasteiger partial charge < -0.3 is 15.7 Å². The van der Waals surface area contributed by atoms with Crippen molar-refractivity contribution in [3.63, 3.8) is 0 Å². The van der Waals surface area contributed by atoms with Gasteiger partial charge in [0.25, 0.3) is 0 Å². The van der Waals surface area contributed by atoms with Crippen molar-refractivity contribution in [1.82, 2.24) is 9.80 Å². The van der Waals surface area contributed by atoms with Crippen LogP contribution in [0.15, 0.2) is 24.3 Å². The summed E-state index contributed by atoms with van der Waals surface area (Å²) in [5.41, 5.74) is 6.94. The Hall–Kier alpha value is -1.10. The van der Waals surface area contributed by atoms with Gasteiger partial charge in [0.05, 0.1) is 0 Å². The maximum Gasteiger partial charge on any atom is 0.115 e. The van der Waals surface area contributed by atoms with Crippen molar-refractivity contribution in [2.75, 3.05) is 39.3 Å². The molecule has 1 aliphatic heterocycles. The molecule has 19 heavy (non-hydrogen) atoms. The zero-order valence-corrected chi connectivity index (χ0v) is 11.8. The Bertz CT molecular complexity index is 371. The molecule has 0 aromatic heterocycles. The SMILES string of the molecule is CC(CN)CN1CCN(Cc2ccc(O)cc2)CC1. The van der Waals surface area contributed by atoms with Gasteiger partial charge in [-0.15, -0.1) is 0 Å². The zero-order valence-electron chi connectivity index (χ0n) is 11.8. The summed E-state index contributed by atoms with van der Waals surface area (Å²) >= 11 is 0. The van der Waals surface area contributed by atoms with Gasteiger partial charge in [0.2, 0.25) is 0 Å². The first-order chi connectivity index (χ1) is 9.17. The number of piperazine rings is 1. The van der Waals surface area contributed by atoms with E-state index in [0.29, 0.717) is 11.7 Å². The molecule has 1 heterocycles. The highest BCUT2D eigenvalue weighted by Gasteiger charge is 2.18. The number of phenols is 1. The maximum absolute atomic E-state index is 9.27. The maximum atomic E-state index is 9.27. The third-order valence-corrected chi connectivity index (χ3v) is 3.78. The average molecular weight is 263 g/mol. The predicted octanol–water partition coefficient (Wildman–Crippen LogP) is 1.10. The van der Waals surface area contributed by atoms with Gasteiger partial charge in [0.1, 0.15) is 5.75 Å². The van der Waals surface area contributed by atoms with Gasteiger partial charge in [0, 0.05) is 39.3 Å². The third kappa shape index (κ3) is 4.49. The minimum atomic E-state index is 0.337. The van der Waals surface area contributed by atoms with E-state index in [-0.39, 0.29) is 0 Å². The molecular formula is C15H25N3O. The summed E-state index contributed by atoms with van der Waals surface area (Å²) in [4.78, 5) is 4.97. The van der Waals surface area contributed by atoms with Gasteiger partial charge >= 0.3 is 0 Å². The van der Waals surface area contributed by atoms with Gasteiger partial charge in [-0.1, -0.05) is 19.1 Å². The topological polar surface area (TPSA) is 52.7 Å². The fourth-order valence-corrected chi connectivity index (χ4v) is 2.50. The van der Waals surface area contributed by atoms with Crippen LogP contribution < -0.4 is 5.73 Å². The molecule has 3 N–H and O–H groups in total. The van der Waals surface area contributed by atoms with Crippen molar-refractivity contribution in [1.29, 1.82) is 0 Å². The fraction of sp³-hybridized carbons (Fsp3) is 0.600. The summed E-state index contributed by atoms with van der Waals surface area (Å²) in [6.45, 7) is 9.54. The first-order valence-corrected chi connectivity index (χ1v) is 7.10. The molecule has 0 spiro atoms. The number of hydrogen-bond donors (Lipinski definition) is 2. The molecule has 4 heteroatoms. The largest absolute Gasteiger partial charge is 0.508 e. The molecule has 0 aliphatic carbocycles. The quantitative estimate of drug-likeness (QED) is 0.835. The Morgan fingerprint density at radius 3 is 2.26 bits per heavy atom. The summed E-state index contributed by atoms with van der Waals surface area (Å²) in [7, 11) is 0. The normalized spacial score (nSPS) is 19.5. The summed E-state index contributed by atoms with van der Waals surface area (Å²) in [5.74, 6) is 0.924. The molecular weight excluding hydrogens is 238 g/mol. The molecule has 0 saturated carbocycles. The van der Waals surface area contributed by atoms with Crippen LogP contribution in [-0.2, 0) is 6.54 Å². The number of nitrogens with two attached hydrogens (primary N) is 1. The van der Waals surface area contributed by atoms with Gasteiger partial charge in [-0.3, -0.25) is 4.90 Å². The Labute approximate surface area is 115 Å². The summed E-state index contributed by atoms with van der Waals surface area (Å²) in [5, 5.41) is 9.27. The van der Waals surface area contributed by atoms with Crippen LogP contribution in [0.3, 0.4) is 0 Å². The second-order valence-corrected chi connectivity index (χ2v) is 5.58. The number of aromatic hydroxyl groups is 1. The molecule has 1 atom stereocenters. The van der Waals surface area contributed by atoms with Crippen LogP contribution in [0.2, 0.25) is 0 Å². The van der Waals surface area contributed by atoms with E-state index in [1.54, 1.807) is 12.1 Å². The van der Waals surface area contributed by atoms with Gasteiger partial charge in [-0.2, -0.15) is 0 Å². The Balaban J connectivity index is 1.75. The molecule has 1 aromatic rings. The minimum Gasteiger partial charge on any atom is -0.508 e. The first-order valence-electron chi connectivity index (χ1n) is 7.10. The van der Waals surface area contributed by atoms with E-state index in [1.165, 1.54) is 5.56 Å². The van der Waals surface area contributed by atoms with Crippen molar-refractivity contribution in [3.05, 3.63) is 29.8 Å². The lowest BCUT2D eigenvalue weighted by Crippen LogP contribution is -2.47. The van der Waals surface area contributed by atoms with Gasteiger partial charge in [-0.05, 0) is 30.2 Å². The molecule has 106 valence electrons. The van der Waals surface area contributed by atoms with E-state index in [0.717, 1.165) is 45.8 Å². The Morgan fingerprint density at radius 2 is 1.68 bits per heavy atom. The van der Waals surface area contributed by atoms with Gasteiger partial charge in [-0.25, -0.2) is 0 Å². The van der Waals surface area contributed by atoms with Gasteiger partial charge in [0.15, 0.2) is 0 Å². The predicted molar refractivity (Wildman–Crippen MR) is 78.0 cm³/mol. The molecule has 0 radical (unpaired) electrons. The highest BCUT2D eigenvalue weighted by molar-refractivity contribution is 5.25. The Kier molecular flexibility index (Phi) is 5.19. The van der Waals surface area contributed by atoms with Crippen molar-refractivity contribution in [2.24, 2.45) is 11.7 Å². The van der Waals surface area contributed by atoms with E-state index in [4.69, 9.17) is 5.73 Å². The van der Waals surface area contributed by atoms with Crippen molar-refractivity contribution >= 4 is 0 Å². The van der Waals surface area contributed by atoms with Crippen molar-refractivity contribution in [3.8, 4) is 5.75 Å². The number of phenolic OH excluding ortho intramolecular Hbond substituents is 1. The number of hydrogen-bond acceptors (Lipinski definition) is 4. The number of nitrogens with zero attached hydrogens (tertiary/aromatic N) is 2. The van der Waals surface area contributed by atoms with E-state index >= 15 is 0 Å². The highest BCUT2D eigenvalue weighted by atomic mass is 16.3. The van der Waals surface area contributed by atoms with E-state index in [9.17, 15) is 5.11 Å². The number of benzene rings is 1. The van der Waals surface area contributed by atoms with E-state index in [1.807, 2.05) is 12.1 Å². The molecule has 0 amide bonds. The molecule has 2 rings (SSSR count). The smallest absolute Gasteiger partial charge is 0.115 e. The molecule has 1 unspecified atom stereocenters. The van der Waals surface area contributed by atoms with Crippen molar-refractivity contribution < 1.29 is 5.11 Å². The minimum absolute atomic E-state index is 0.337. The van der Waals surface area contributed by atoms with Crippen LogP contribution in [0.4, 0.5) is 0 Å². The van der Waals surface area contributed by atoms with Crippen LogP contribution in [-0.4, -0.2) is 54.2 Å². The zero-order chi connectivity index (χ0) is 13.7. The summed E-state index contributed by atoms with van der Waals surface area (Å²) in [6, 6.07) is 7.51. The standard InChI is InChI=1S/C15H25N3O/c1-13(10-16)11-17-6-8-18(9-7-17)12-14-2-4-15(19)5-3-14/h2-5,13,19H,6-12,16H2,1H3. The van der Waals surface area contributed by atoms with E-state index in [2.05, 4.69) is 16.7 Å². The second kappa shape index (κ2) is 6.89. The molecule has 1 fully saturated rings. The number of rotatable bonds is 5. The van der Waals surface area contributed by atoms with Crippen LogP contribution in [0.5, 0.6) is 5.75 Å². The highest BCUT2D eigenvalue weighted by Crippen LogP contribution is 2.13. The van der Waals surface area contributed by atoms with Crippen molar-refractivity contribution in [2.45, 2.75) is 13.5 Å². The summed E-state index contributed by atoms with van der Waals surface area (Å²) < 4.78 is 0.